The molecule has 2 atom stereocenters. The zero-order chi connectivity index (χ0) is 40.0. The summed E-state index contributed by atoms with van der Waals surface area (Å²) in [6.45, 7) is 4.54. The molecular formula is C46H83NO7. The summed E-state index contributed by atoms with van der Waals surface area (Å²) in [5, 5.41) is 11.6. The number of carbonyl (C=O) groups is 3. The van der Waals surface area contributed by atoms with Gasteiger partial charge in [0, 0.05) is 19.3 Å². The molecular weight excluding hydrogens is 679 g/mol. The number of unbranched alkanes of at least 4 members (excludes halogenated alkanes) is 19. The number of allylic oxidation sites excluding steroid dienone is 6. The Labute approximate surface area is 332 Å². The van der Waals surface area contributed by atoms with Gasteiger partial charge in [0.05, 0.1) is 40.3 Å². The average Bonchev–Trinajstić information content (AvgIpc) is 3.12. The van der Waals surface area contributed by atoms with Crippen LogP contribution in [0.15, 0.2) is 36.5 Å². The maximum absolute atomic E-state index is 12.7. The Hall–Kier alpha value is -2.45. The lowest BCUT2D eigenvalue weighted by atomic mass is 10.0. The van der Waals surface area contributed by atoms with Gasteiger partial charge in [0.2, 0.25) is 0 Å². The fourth-order valence-corrected chi connectivity index (χ4v) is 6.38. The third-order valence-electron chi connectivity index (χ3n) is 9.79. The number of carboxylic acid groups (broad SMARTS) is 1. The standard InChI is InChI=1S/C46H83NO7/c1-6-8-10-12-14-16-18-19-20-21-22-23-24-25-26-27-29-31-33-35-37-45(49)54-42(40-52-39-38-43(46(50)51)47(3,4)5)41-53-44(48)36-34-32-30-28-17-15-13-11-9-7-2/h8,10,14,16,19-20,42-43H,6-7,9,11-13,15,17-18,21-41H2,1-5H3/b10-8+,16-14+,20-19+. The van der Waals surface area contributed by atoms with Gasteiger partial charge in [-0.15, -0.1) is 0 Å². The Bertz CT molecular complexity index is 984. The minimum Gasteiger partial charge on any atom is -0.544 e. The van der Waals surface area contributed by atoms with Crippen LogP contribution in [-0.2, 0) is 28.6 Å². The zero-order valence-corrected chi connectivity index (χ0v) is 35.6. The molecule has 0 radical (unpaired) electrons. The van der Waals surface area contributed by atoms with E-state index in [0.29, 0.717) is 12.8 Å². The largest absolute Gasteiger partial charge is 0.544 e. The number of carboxylic acids is 1. The maximum Gasteiger partial charge on any atom is 0.306 e. The van der Waals surface area contributed by atoms with E-state index in [1.807, 2.05) is 0 Å². The summed E-state index contributed by atoms with van der Waals surface area (Å²) in [4.78, 5) is 36.8. The van der Waals surface area contributed by atoms with Crippen molar-refractivity contribution in [2.45, 2.75) is 199 Å². The van der Waals surface area contributed by atoms with Crippen LogP contribution in [0.2, 0.25) is 0 Å². The van der Waals surface area contributed by atoms with Gasteiger partial charge in [-0.1, -0.05) is 159 Å². The second-order valence-electron chi connectivity index (χ2n) is 15.9. The minimum absolute atomic E-state index is 0.0416. The van der Waals surface area contributed by atoms with Gasteiger partial charge in [-0.3, -0.25) is 9.59 Å². The Morgan fingerprint density at radius 2 is 1.04 bits per heavy atom. The molecule has 0 aromatic heterocycles. The van der Waals surface area contributed by atoms with Crippen molar-refractivity contribution in [3.05, 3.63) is 36.5 Å². The topological polar surface area (TPSA) is 102 Å². The van der Waals surface area contributed by atoms with Gasteiger partial charge in [0.25, 0.3) is 0 Å². The van der Waals surface area contributed by atoms with E-state index in [-0.39, 0.29) is 42.7 Å². The number of rotatable bonds is 39. The number of carbonyl (C=O) groups excluding carboxylic acids is 3. The molecule has 8 nitrogen and oxygen atoms in total. The van der Waals surface area contributed by atoms with Crippen LogP contribution in [0.4, 0.5) is 0 Å². The smallest absolute Gasteiger partial charge is 0.306 e. The minimum atomic E-state index is -1.13. The Balaban J connectivity index is 4.27. The quantitative estimate of drug-likeness (QED) is 0.0266. The van der Waals surface area contributed by atoms with Gasteiger partial charge >= 0.3 is 11.9 Å². The van der Waals surface area contributed by atoms with Gasteiger partial charge in [0.1, 0.15) is 12.6 Å². The first kappa shape index (κ1) is 51.5. The second kappa shape index (κ2) is 37.5. The maximum atomic E-state index is 12.7. The molecule has 0 fully saturated rings. The molecule has 0 heterocycles. The summed E-state index contributed by atoms with van der Waals surface area (Å²) >= 11 is 0. The third-order valence-corrected chi connectivity index (χ3v) is 9.79. The predicted molar refractivity (Wildman–Crippen MR) is 222 cm³/mol. The first-order chi connectivity index (χ1) is 26.1. The lowest BCUT2D eigenvalue weighted by Gasteiger charge is -2.34. The van der Waals surface area contributed by atoms with Gasteiger partial charge in [-0.2, -0.15) is 0 Å². The number of hydrogen-bond acceptors (Lipinski definition) is 7. The summed E-state index contributed by atoms with van der Waals surface area (Å²) in [5.41, 5.74) is 0. The van der Waals surface area contributed by atoms with Crippen LogP contribution in [0.5, 0.6) is 0 Å². The van der Waals surface area contributed by atoms with E-state index < -0.39 is 18.1 Å². The lowest BCUT2D eigenvalue weighted by molar-refractivity contribution is -0.889. The Morgan fingerprint density at radius 3 is 1.54 bits per heavy atom. The van der Waals surface area contributed by atoms with E-state index in [9.17, 15) is 19.5 Å². The van der Waals surface area contributed by atoms with Crippen LogP contribution >= 0.6 is 0 Å². The van der Waals surface area contributed by atoms with Crippen LogP contribution in [0, 0.1) is 0 Å². The number of nitrogens with zero attached hydrogens (tertiary/aromatic N) is 1. The normalized spacial score (nSPS) is 13.3. The third kappa shape index (κ3) is 35.3. The number of likely N-dealkylation sites (N-methyl/N-ethyl adjacent to an activating group) is 1. The highest BCUT2D eigenvalue weighted by molar-refractivity contribution is 5.70. The van der Waals surface area contributed by atoms with Crippen molar-refractivity contribution < 1.29 is 38.2 Å². The predicted octanol–water partition coefficient (Wildman–Crippen LogP) is 10.5. The van der Waals surface area contributed by atoms with Gasteiger partial charge in [0.15, 0.2) is 6.10 Å². The molecule has 2 unspecified atom stereocenters. The fraction of sp³-hybridized carbons (Fsp3) is 0.804. The molecule has 0 saturated carbocycles. The molecule has 0 bridgehead atoms. The summed E-state index contributed by atoms with van der Waals surface area (Å²) in [7, 11) is 5.40. The Kier molecular flexibility index (Phi) is 35.8. The van der Waals surface area contributed by atoms with E-state index in [0.717, 1.165) is 57.8 Å². The number of esters is 2. The monoisotopic (exact) mass is 762 g/mol. The number of ether oxygens (including phenoxy) is 3. The number of aliphatic carboxylic acids is 1. The molecule has 0 aromatic carbocycles. The molecule has 54 heavy (non-hydrogen) atoms. The molecule has 0 saturated heterocycles. The highest BCUT2D eigenvalue weighted by Gasteiger charge is 2.25. The summed E-state index contributed by atoms with van der Waals surface area (Å²) in [6, 6.07) is -0.724. The molecule has 0 N–H and O–H groups in total. The van der Waals surface area contributed by atoms with Gasteiger partial charge in [-0.05, 0) is 44.9 Å². The van der Waals surface area contributed by atoms with Crippen molar-refractivity contribution in [2.24, 2.45) is 0 Å². The average molecular weight is 762 g/mol. The van der Waals surface area contributed by atoms with Crippen LogP contribution in [0.25, 0.3) is 0 Å². The first-order valence-corrected chi connectivity index (χ1v) is 22.0. The second-order valence-corrected chi connectivity index (χ2v) is 15.9. The van der Waals surface area contributed by atoms with Crippen molar-refractivity contribution in [2.75, 3.05) is 41.0 Å². The molecule has 0 spiro atoms. The van der Waals surface area contributed by atoms with Crippen molar-refractivity contribution >= 4 is 17.9 Å². The highest BCUT2D eigenvalue weighted by atomic mass is 16.6. The van der Waals surface area contributed by atoms with E-state index in [2.05, 4.69) is 50.3 Å². The van der Waals surface area contributed by atoms with Crippen LogP contribution in [0.1, 0.15) is 187 Å². The van der Waals surface area contributed by atoms with Crippen LogP contribution < -0.4 is 5.11 Å². The zero-order valence-electron chi connectivity index (χ0n) is 35.6. The van der Waals surface area contributed by atoms with E-state index in [1.165, 1.54) is 96.3 Å². The molecule has 0 rings (SSSR count). The van der Waals surface area contributed by atoms with Crippen LogP contribution in [0.3, 0.4) is 0 Å². The van der Waals surface area contributed by atoms with E-state index in [4.69, 9.17) is 14.2 Å². The van der Waals surface area contributed by atoms with Gasteiger partial charge < -0.3 is 28.6 Å². The molecule has 314 valence electrons. The fourth-order valence-electron chi connectivity index (χ4n) is 6.38. The summed E-state index contributed by atoms with van der Waals surface area (Å²) < 4.78 is 17.1. The van der Waals surface area contributed by atoms with Crippen molar-refractivity contribution in [1.82, 2.24) is 0 Å². The highest BCUT2D eigenvalue weighted by Crippen LogP contribution is 2.15. The molecule has 0 aliphatic rings. The molecule has 0 amide bonds. The SMILES string of the molecule is CC/C=C/C/C=C/C/C=C/CCCCCCCCCCCCC(=O)OC(COCCC(C(=O)[O-])[N+](C)(C)C)COC(=O)CCCCCCCCCCCC. The number of quaternary nitrogens is 1. The molecule has 8 heteroatoms. The molecule has 0 aromatic rings. The number of hydrogen-bond donors (Lipinski definition) is 0. The van der Waals surface area contributed by atoms with Crippen molar-refractivity contribution in [3.8, 4) is 0 Å². The van der Waals surface area contributed by atoms with Crippen molar-refractivity contribution in [1.29, 1.82) is 0 Å². The summed E-state index contributed by atoms with van der Waals surface area (Å²) in [5.74, 6) is -1.74. The lowest BCUT2D eigenvalue weighted by Crippen LogP contribution is -2.55. The van der Waals surface area contributed by atoms with Crippen LogP contribution in [-0.4, -0.2) is 75.5 Å². The molecule has 0 aliphatic carbocycles. The summed E-state index contributed by atoms with van der Waals surface area (Å²) in [6.07, 6.45) is 41.7. The van der Waals surface area contributed by atoms with Crippen molar-refractivity contribution in [3.63, 3.8) is 0 Å². The Morgan fingerprint density at radius 1 is 0.574 bits per heavy atom. The van der Waals surface area contributed by atoms with E-state index in [1.54, 1.807) is 21.1 Å². The van der Waals surface area contributed by atoms with E-state index >= 15 is 0 Å². The molecule has 0 aliphatic heterocycles. The van der Waals surface area contributed by atoms with Gasteiger partial charge in [-0.25, -0.2) is 0 Å². The first-order valence-electron chi connectivity index (χ1n) is 22.0.